The van der Waals surface area contributed by atoms with E-state index in [9.17, 15) is 9.59 Å². The molecule has 1 saturated heterocycles. The maximum absolute atomic E-state index is 13.5. The zero-order chi connectivity index (χ0) is 23.7. The molecule has 0 saturated carbocycles. The first-order valence-electron chi connectivity index (χ1n) is 10.4. The molecule has 10 heteroatoms. The molecule has 2 aromatic rings. The second kappa shape index (κ2) is 9.07. The highest BCUT2D eigenvalue weighted by Gasteiger charge is 2.42. The number of carbonyl (C=O) groups excluding carboxylic acids is 2. The van der Waals surface area contributed by atoms with Crippen LogP contribution in [-0.2, 0) is 22.1 Å². The number of ether oxygens (including phenoxy) is 2. The number of carbonyl (C=O) groups is 2. The molecule has 1 unspecified atom stereocenters. The Morgan fingerprint density at radius 2 is 2.03 bits per heavy atom. The molecule has 1 N–H and O–H groups in total. The van der Waals surface area contributed by atoms with Crippen molar-refractivity contribution in [3.8, 4) is 0 Å². The summed E-state index contributed by atoms with van der Waals surface area (Å²) in [5.74, 6) is -0.0990. The number of methoxy groups -OCH3 is 1. The number of aryl methyl sites for hydroxylation is 2. The zero-order valence-electron chi connectivity index (χ0n) is 19.4. The molecule has 9 nitrogen and oxygen atoms in total. The smallest absolute Gasteiger partial charge is 0.413 e. The van der Waals surface area contributed by atoms with Crippen LogP contribution in [0, 0.1) is 6.92 Å². The maximum atomic E-state index is 13.5. The molecule has 174 valence electrons. The van der Waals surface area contributed by atoms with Crippen molar-refractivity contribution in [2.45, 2.75) is 51.7 Å². The number of piperidine rings is 1. The molecular weight excluding hydrogens is 434 g/mol. The summed E-state index contributed by atoms with van der Waals surface area (Å²) in [4.78, 5) is 31.9. The van der Waals surface area contributed by atoms with Crippen LogP contribution in [0.3, 0.4) is 0 Å². The van der Waals surface area contributed by atoms with Crippen molar-refractivity contribution < 1.29 is 19.1 Å². The van der Waals surface area contributed by atoms with Gasteiger partial charge in [-0.3, -0.25) is 19.8 Å². The molecule has 1 aliphatic heterocycles. The largest absolute Gasteiger partial charge is 0.444 e. The first kappa shape index (κ1) is 24.0. The van der Waals surface area contributed by atoms with E-state index in [0.717, 1.165) is 24.1 Å². The van der Waals surface area contributed by atoms with Gasteiger partial charge >= 0.3 is 6.09 Å². The van der Waals surface area contributed by atoms with Gasteiger partial charge in [0.15, 0.2) is 5.82 Å². The molecule has 0 radical (unpaired) electrons. The Morgan fingerprint density at radius 3 is 2.66 bits per heavy atom. The van der Waals surface area contributed by atoms with E-state index in [1.807, 2.05) is 13.0 Å². The van der Waals surface area contributed by atoms with E-state index in [1.54, 1.807) is 52.2 Å². The van der Waals surface area contributed by atoms with Crippen LogP contribution < -0.4 is 5.32 Å². The lowest BCUT2D eigenvalue weighted by Gasteiger charge is -2.42. The highest BCUT2D eigenvalue weighted by molar-refractivity contribution is 6.30. The normalized spacial score (nSPS) is 19.0. The standard InChI is InChI=1S/C22H30ClN5O4/c1-14-10-15(23)11-24-17(14)22(31-6)8-7-9-28(13-22)19(29)16-12-27(5)26-18(16)25-20(30)32-21(2,3)4/h10-12H,7-9,13H2,1-6H3,(H,25,26,30). The molecule has 1 fully saturated rings. The summed E-state index contributed by atoms with van der Waals surface area (Å²) in [6.45, 7) is 8.10. The fraction of sp³-hybridized carbons (Fsp3) is 0.545. The van der Waals surface area contributed by atoms with Gasteiger partial charge in [0.05, 0.1) is 17.3 Å². The van der Waals surface area contributed by atoms with Gasteiger partial charge in [-0.05, 0) is 52.2 Å². The van der Waals surface area contributed by atoms with E-state index in [0.29, 0.717) is 18.1 Å². The van der Waals surface area contributed by atoms with Crippen LogP contribution in [0.4, 0.5) is 10.6 Å². The van der Waals surface area contributed by atoms with Crippen LogP contribution in [0.1, 0.15) is 55.2 Å². The Kier molecular flexibility index (Phi) is 6.80. The summed E-state index contributed by atoms with van der Waals surface area (Å²) in [7, 11) is 3.32. The van der Waals surface area contributed by atoms with Crippen molar-refractivity contribution in [2.24, 2.45) is 7.05 Å². The van der Waals surface area contributed by atoms with Gasteiger partial charge in [-0.25, -0.2) is 4.79 Å². The number of likely N-dealkylation sites (tertiary alicyclic amines) is 1. The monoisotopic (exact) mass is 463 g/mol. The van der Waals surface area contributed by atoms with Crippen LogP contribution >= 0.6 is 11.6 Å². The van der Waals surface area contributed by atoms with E-state index in [4.69, 9.17) is 21.1 Å². The number of halogens is 1. The quantitative estimate of drug-likeness (QED) is 0.738. The van der Waals surface area contributed by atoms with E-state index >= 15 is 0 Å². The van der Waals surface area contributed by atoms with Gasteiger partial charge in [0, 0.05) is 33.1 Å². The summed E-state index contributed by atoms with van der Waals surface area (Å²) in [5, 5.41) is 7.38. The predicted molar refractivity (Wildman–Crippen MR) is 121 cm³/mol. The minimum Gasteiger partial charge on any atom is -0.444 e. The number of amides is 2. The zero-order valence-corrected chi connectivity index (χ0v) is 20.1. The highest BCUT2D eigenvalue weighted by Crippen LogP contribution is 2.36. The molecule has 1 atom stereocenters. The Hall–Kier alpha value is -2.65. The lowest BCUT2D eigenvalue weighted by Crippen LogP contribution is -2.50. The second-order valence-electron chi connectivity index (χ2n) is 9.04. The Morgan fingerprint density at radius 1 is 1.31 bits per heavy atom. The van der Waals surface area contributed by atoms with Crippen LogP contribution in [0.5, 0.6) is 0 Å². The van der Waals surface area contributed by atoms with Gasteiger partial charge in [0.2, 0.25) is 0 Å². The summed E-state index contributed by atoms with van der Waals surface area (Å²) < 4.78 is 12.7. The van der Waals surface area contributed by atoms with Crippen LogP contribution in [0.25, 0.3) is 0 Å². The third kappa shape index (κ3) is 5.21. The Balaban J connectivity index is 1.86. The van der Waals surface area contributed by atoms with Gasteiger partial charge in [0.25, 0.3) is 5.91 Å². The number of hydrogen-bond donors (Lipinski definition) is 1. The number of nitrogens with zero attached hydrogens (tertiary/aromatic N) is 4. The molecule has 3 rings (SSSR count). The first-order chi connectivity index (χ1) is 14.9. The minimum absolute atomic E-state index is 0.154. The number of rotatable bonds is 4. The molecule has 0 aromatic carbocycles. The summed E-state index contributed by atoms with van der Waals surface area (Å²) in [5.41, 5.74) is 0.537. The lowest BCUT2D eigenvalue weighted by molar-refractivity contribution is -0.0660. The number of anilines is 1. The summed E-state index contributed by atoms with van der Waals surface area (Å²) in [6.07, 6.45) is 3.97. The highest BCUT2D eigenvalue weighted by atomic mass is 35.5. The molecule has 0 aliphatic carbocycles. The third-order valence-corrected chi connectivity index (χ3v) is 5.49. The van der Waals surface area contributed by atoms with Crippen molar-refractivity contribution in [3.05, 3.63) is 40.3 Å². The predicted octanol–water partition coefficient (Wildman–Crippen LogP) is 3.90. The van der Waals surface area contributed by atoms with E-state index < -0.39 is 17.3 Å². The van der Waals surface area contributed by atoms with Gasteiger partial charge < -0.3 is 14.4 Å². The average molecular weight is 464 g/mol. The van der Waals surface area contributed by atoms with Crippen LogP contribution in [-0.4, -0.2) is 57.5 Å². The number of hydrogen-bond acceptors (Lipinski definition) is 6. The molecule has 3 heterocycles. The van der Waals surface area contributed by atoms with Crippen LogP contribution in [0.2, 0.25) is 5.02 Å². The minimum atomic E-state index is -0.746. The molecule has 2 amide bonds. The SMILES string of the molecule is COC1(c2ncc(Cl)cc2C)CCCN(C(=O)c2cn(C)nc2NC(=O)OC(C)(C)C)C1. The average Bonchev–Trinajstić information content (AvgIpc) is 3.05. The topological polar surface area (TPSA) is 98.6 Å². The van der Waals surface area contributed by atoms with Gasteiger partial charge in [0.1, 0.15) is 16.8 Å². The lowest BCUT2D eigenvalue weighted by atomic mass is 9.86. The van der Waals surface area contributed by atoms with E-state index in [-0.39, 0.29) is 17.3 Å². The fourth-order valence-electron chi connectivity index (χ4n) is 3.98. The van der Waals surface area contributed by atoms with E-state index in [2.05, 4.69) is 15.4 Å². The van der Waals surface area contributed by atoms with Crippen molar-refractivity contribution in [1.29, 1.82) is 0 Å². The summed E-state index contributed by atoms with van der Waals surface area (Å²) >= 11 is 6.08. The second-order valence-corrected chi connectivity index (χ2v) is 9.48. The molecular formula is C22H30ClN5O4. The van der Waals surface area contributed by atoms with Gasteiger partial charge in [-0.2, -0.15) is 5.10 Å². The van der Waals surface area contributed by atoms with Crippen LogP contribution in [0.15, 0.2) is 18.5 Å². The maximum Gasteiger partial charge on any atom is 0.413 e. The third-order valence-electron chi connectivity index (χ3n) is 5.29. The Labute approximate surface area is 193 Å². The van der Waals surface area contributed by atoms with Crippen molar-refractivity contribution >= 4 is 29.4 Å². The number of nitrogens with one attached hydrogen (secondary N) is 1. The Bertz CT molecular complexity index is 1020. The number of aromatic nitrogens is 3. The van der Waals surface area contributed by atoms with Gasteiger partial charge in [-0.15, -0.1) is 0 Å². The summed E-state index contributed by atoms with van der Waals surface area (Å²) in [6, 6.07) is 1.84. The van der Waals surface area contributed by atoms with Gasteiger partial charge in [-0.1, -0.05) is 11.6 Å². The fourth-order valence-corrected chi connectivity index (χ4v) is 4.19. The molecule has 2 aromatic heterocycles. The molecule has 0 bridgehead atoms. The van der Waals surface area contributed by atoms with Crippen molar-refractivity contribution in [1.82, 2.24) is 19.7 Å². The molecule has 1 aliphatic rings. The van der Waals surface area contributed by atoms with E-state index in [1.165, 1.54) is 4.68 Å². The molecule has 0 spiro atoms. The van der Waals surface area contributed by atoms with Crippen molar-refractivity contribution in [2.75, 3.05) is 25.5 Å². The molecule has 32 heavy (non-hydrogen) atoms. The number of pyridine rings is 1. The first-order valence-corrected chi connectivity index (χ1v) is 10.8. The van der Waals surface area contributed by atoms with Crippen molar-refractivity contribution in [3.63, 3.8) is 0 Å².